The molecule has 0 N–H and O–H groups in total. The van der Waals surface area contributed by atoms with E-state index < -0.39 is 65.5 Å². The molecule has 0 spiro atoms. The highest BCUT2D eigenvalue weighted by Crippen LogP contribution is 2.75. The van der Waals surface area contributed by atoms with E-state index >= 15 is 0 Å². The van der Waals surface area contributed by atoms with E-state index in [4.69, 9.17) is 0 Å². The zero-order chi connectivity index (χ0) is 25.3. The Balaban J connectivity index is 1.78. The number of benzene rings is 1. The Bertz CT molecular complexity index is 1220. The van der Waals surface area contributed by atoms with Crippen LogP contribution in [-0.4, -0.2) is 37.2 Å². The van der Waals surface area contributed by atoms with Crippen LogP contribution in [-0.2, 0) is 11.0 Å². The Morgan fingerprint density at radius 1 is 1.15 bits per heavy atom. The standard InChI is InChI=1S/C23H20F6N4O/c1-13-5-4-6-15(7-13)32(3)19(34)20-10-21(20,23(27,28)29)12-33(11-20)18-16(9-30)17(22(24,25)26)8-14(2)31-18/h4-8H,10-12H2,1-3H3. The molecule has 2 fully saturated rings. The van der Waals surface area contributed by atoms with Crippen LogP contribution in [0.4, 0.5) is 37.8 Å². The first-order valence-electron chi connectivity index (χ1n) is 10.3. The number of nitrogens with zero attached hydrogens (tertiary/aromatic N) is 4. The highest BCUT2D eigenvalue weighted by atomic mass is 19.4. The Labute approximate surface area is 191 Å². The van der Waals surface area contributed by atoms with E-state index in [1.165, 1.54) is 20.0 Å². The summed E-state index contributed by atoms with van der Waals surface area (Å²) in [5.41, 5.74) is -5.33. The summed E-state index contributed by atoms with van der Waals surface area (Å²) in [7, 11) is 1.38. The fraction of sp³-hybridized carbons (Fsp3) is 0.435. The zero-order valence-corrected chi connectivity index (χ0v) is 18.5. The van der Waals surface area contributed by atoms with Crippen molar-refractivity contribution in [1.29, 1.82) is 5.26 Å². The van der Waals surface area contributed by atoms with Crippen LogP contribution in [0.25, 0.3) is 0 Å². The smallest absolute Gasteiger partial charge is 0.353 e. The first-order valence-corrected chi connectivity index (χ1v) is 10.3. The molecular weight excluding hydrogens is 462 g/mol. The number of hydrogen-bond donors (Lipinski definition) is 0. The minimum Gasteiger partial charge on any atom is -0.353 e. The van der Waals surface area contributed by atoms with E-state index in [9.17, 15) is 36.4 Å². The first kappa shape index (κ1) is 23.9. The van der Waals surface area contributed by atoms with Gasteiger partial charge in [-0.05, 0) is 44.0 Å². The normalized spacial score (nSPS) is 23.9. The van der Waals surface area contributed by atoms with Gasteiger partial charge in [-0.1, -0.05) is 12.1 Å². The lowest BCUT2D eigenvalue weighted by Crippen LogP contribution is -2.41. The number of carbonyl (C=O) groups is 1. The number of aryl methyl sites for hydroxylation is 2. The van der Waals surface area contributed by atoms with Crippen LogP contribution in [0, 0.1) is 36.0 Å². The van der Waals surface area contributed by atoms with Crippen molar-refractivity contribution in [2.24, 2.45) is 10.8 Å². The molecule has 1 aliphatic carbocycles. The molecule has 0 radical (unpaired) electrons. The van der Waals surface area contributed by atoms with E-state index in [1.54, 1.807) is 31.2 Å². The average molecular weight is 482 g/mol. The van der Waals surface area contributed by atoms with Crippen LogP contribution < -0.4 is 9.80 Å². The number of pyridine rings is 1. The second kappa shape index (κ2) is 7.35. The molecule has 2 unspecified atom stereocenters. The molecule has 180 valence electrons. The summed E-state index contributed by atoms with van der Waals surface area (Å²) < 4.78 is 83.4. The molecule has 2 heterocycles. The molecule has 2 atom stereocenters. The Kier molecular flexibility index (Phi) is 5.16. The van der Waals surface area contributed by atoms with Gasteiger partial charge in [0.15, 0.2) is 0 Å². The fourth-order valence-electron chi connectivity index (χ4n) is 5.05. The van der Waals surface area contributed by atoms with Crippen LogP contribution in [0.1, 0.15) is 28.8 Å². The lowest BCUT2D eigenvalue weighted by atomic mass is 9.94. The summed E-state index contributed by atoms with van der Waals surface area (Å²) in [5, 5.41) is 9.44. The van der Waals surface area contributed by atoms with E-state index in [2.05, 4.69) is 4.98 Å². The van der Waals surface area contributed by atoms with Crippen molar-refractivity contribution in [2.75, 3.05) is 29.9 Å². The molecule has 11 heteroatoms. The van der Waals surface area contributed by atoms with Crippen molar-refractivity contribution < 1.29 is 31.1 Å². The SMILES string of the molecule is Cc1cccc(N(C)C(=O)C23CN(c4nc(C)cc(C(F)(F)F)c4C#N)CC2(C(F)(F)F)C3)c1. The van der Waals surface area contributed by atoms with Crippen molar-refractivity contribution in [3.8, 4) is 6.07 Å². The third-order valence-corrected chi connectivity index (χ3v) is 6.81. The van der Waals surface area contributed by atoms with Crippen LogP contribution in [0.5, 0.6) is 0 Å². The number of rotatable bonds is 3. The fourth-order valence-corrected chi connectivity index (χ4v) is 5.05. The largest absolute Gasteiger partial charge is 0.417 e. The van der Waals surface area contributed by atoms with Crippen molar-refractivity contribution in [2.45, 2.75) is 32.6 Å². The summed E-state index contributed by atoms with van der Waals surface area (Å²) in [6.07, 6.45) is -10.2. The lowest BCUT2D eigenvalue weighted by Gasteiger charge is -2.26. The number of amides is 1. The van der Waals surface area contributed by atoms with E-state index in [0.717, 1.165) is 15.4 Å². The molecule has 1 aliphatic heterocycles. The quantitative estimate of drug-likeness (QED) is 0.577. The topological polar surface area (TPSA) is 60.2 Å². The molecule has 1 amide bonds. The number of hydrogen-bond acceptors (Lipinski definition) is 4. The molecule has 4 rings (SSSR count). The summed E-state index contributed by atoms with van der Waals surface area (Å²) >= 11 is 0. The van der Waals surface area contributed by atoms with Gasteiger partial charge in [-0.2, -0.15) is 31.6 Å². The second-order valence-electron chi connectivity index (χ2n) is 9.02. The Morgan fingerprint density at radius 3 is 2.38 bits per heavy atom. The third-order valence-electron chi connectivity index (χ3n) is 6.81. The average Bonchev–Trinajstić information content (AvgIpc) is 3.28. The Hall–Kier alpha value is -3.29. The number of piperidine rings is 1. The van der Waals surface area contributed by atoms with Gasteiger partial charge in [-0.3, -0.25) is 4.79 Å². The molecule has 1 aromatic carbocycles. The highest BCUT2D eigenvalue weighted by molar-refractivity contribution is 6.01. The number of carbonyl (C=O) groups excluding carboxylic acids is 1. The number of alkyl halides is 6. The monoisotopic (exact) mass is 482 g/mol. The molecule has 1 aromatic heterocycles. The molecule has 2 aromatic rings. The van der Waals surface area contributed by atoms with Gasteiger partial charge in [0.2, 0.25) is 5.91 Å². The maximum absolute atomic E-state index is 14.3. The third kappa shape index (κ3) is 3.38. The van der Waals surface area contributed by atoms with Crippen LogP contribution >= 0.6 is 0 Å². The molecule has 5 nitrogen and oxygen atoms in total. The summed E-state index contributed by atoms with van der Waals surface area (Å²) in [6.45, 7) is 1.79. The van der Waals surface area contributed by atoms with Crippen LogP contribution in [0.15, 0.2) is 30.3 Å². The van der Waals surface area contributed by atoms with Crippen molar-refractivity contribution in [1.82, 2.24) is 4.98 Å². The molecule has 34 heavy (non-hydrogen) atoms. The number of halogens is 6. The summed E-state index contributed by atoms with van der Waals surface area (Å²) in [5.74, 6) is -1.27. The minimum atomic E-state index is -4.89. The van der Waals surface area contributed by atoms with Gasteiger partial charge in [-0.15, -0.1) is 0 Å². The van der Waals surface area contributed by atoms with E-state index in [0.29, 0.717) is 11.8 Å². The molecule has 1 saturated heterocycles. The van der Waals surface area contributed by atoms with Crippen molar-refractivity contribution in [3.05, 3.63) is 52.7 Å². The van der Waals surface area contributed by atoms with E-state index in [-0.39, 0.29) is 5.69 Å². The van der Waals surface area contributed by atoms with Gasteiger partial charge in [-0.25, -0.2) is 4.98 Å². The summed E-state index contributed by atoms with van der Waals surface area (Å²) in [4.78, 5) is 19.6. The zero-order valence-electron chi connectivity index (χ0n) is 18.5. The summed E-state index contributed by atoms with van der Waals surface area (Å²) in [6, 6.07) is 8.84. The van der Waals surface area contributed by atoms with Gasteiger partial charge >= 0.3 is 12.4 Å². The van der Waals surface area contributed by atoms with Gasteiger partial charge in [0, 0.05) is 31.5 Å². The molecular formula is C23H20F6N4O. The predicted octanol–water partition coefficient (Wildman–Crippen LogP) is 5.01. The van der Waals surface area contributed by atoms with E-state index in [1.807, 2.05) is 0 Å². The number of fused-ring (bicyclic) bond motifs is 1. The molecule has 1 saturated carbocycles. The molecule has 2 aliphatic rings. The van der Waals surface area contributed by atoms with Crippen LogP contribution in [0.3, 0.4) is 0 Å². The van der Waals surface area contributed by atoms with Crippen LogP contribution in [0.2, 0.25) is 0 Å². The number of anilines is 2. The van der Waals surface area contributed by atoms with Crippen molar-refractivity contribution >= 4 is 17.4 Å². The minimum absolute atomic E-state index is 0.0970. The van der Waals surface area contributed by atoms with Gasteiger partial charge < -0.3 is 9.80 Å². The Morgan fingerprint density at radius 2 is 1.82 bits per heavy atom. The lowest BCUT2D eigenvalue weighted by molar-refractivity contribution is -0.191. The molecule has 0 bridgehead atoms. The predicted molar refractivity (Wildman–Crippen MR) is 111 cm³/mol. The second-order valence-corrected chi connectivity index (χ2v) is 9.02. The first-order chi connectivity index (χ1) is 15.7. The highest BCUT2D eigenvalue weighted by Gasteiger charge is 2.86. The maximum atomic E-state index is 14.3. The van der Waals surface area contributed by atoms with Gasteiger partial charge in [0.25, 0.3) is 0 Å². The maximum Gasteiger partial charge on any atom is 0.417 e. The van der Waals surface area contributed by atoms with Gasteiger partial charge in [0.05, 0.1) is 11.0 Å². The number of nitriles is 1. The van der Waals surface area contributed by atoms with Crippen molar-refractivity contribution in [3.63, 3.8) is 0 Å². The van der Waals surface area contributed by atoms with Gasteiger partial charge in [0.1, 0.15) is 22.9 Å². The number of aromatic nitrogens is 1.